The normalized spacial score (nSPS) is 16.6. The number of methoxy groups -OCH3 is 1. The number of aromatic nitrogens is 2. The summed E-state index contributed by atoms with van der Waals surface area (Å²) in [6.07, 6.45) is 2.37. The molecule has 2 aromatic carbocycles. The number of piperidine rings is 1. The number of H-pyrrole nitrogens is 1. The van der Waals surface area contributed by atoms with Crippen molar-refractivity contribution in [2.24, 2.45) is 0 Å². The van der Waals surface area contributed by atoms with Crippen LogP contribution < -0.4 is 10.1 Å². The van der Waals surface area contributed by atoms with Crippen molar-refractivity contribution < 1.29 is 22.7 Å². The number of anilines is 1. The van der Waals surface area contributed by atoms with Crippen molar-refractivity contribution in [3.63, 3.8) is 0 Å². The fraction of sp³-hybridized carbons (Fsp3) is 0.385. The van der Waals surface area contributed by atoms with E-state index < -0.39 is 10.0 Å². The van der Waals surface area contributed by atoms with Crippen LogP contribution in [-0.2, 0) is 19.6 Å². The van der Waals surface area contributed by atoms with Gasteiger partial charge in [-0.25, -0.2) is 8.42 Å². The Hall–Kier alpha value is -3.21. The zero-order chi connectivity index (χ0) is 25.7. The molecule has 1 aromatic heterocycles. The lowest BCUT2D eigenvalue weighted by molar-refractivity contribution is -0.121. The van der Waals surface area contributed by atoms with E-state index in [1.54, 1.807) is 39.2 Å². The summed E-state index contributed by atoms with van der Waals surface area (Å²) in [5.41, 5.74) is 2.95. The number of nitrogens with one attached hydrogen (secondary N) is 2. The first kappa shape index (κ1) is 25.9. The predicted molar refractivity (Wildman–Crippen MR) is 137 cm³/mol. The number of carbonyl (C=O) groups excluding carboxylic acids is 1. The summed E-state index contributed by atoms with van der Waals surface area (Å²) in [5, 5.41) is 9.76. The van der Waals surface area contributed by atoms with Crippen molar-refractivity contribution in [1.82, 2.24) is 14.5 Å². The van der Waals surface area contributed by atoms with E-state index in [-0.39, 0.29) is 25.2 Å². The van der Waals surface area contributed by atoms with Gasteiger partial charge in [-0.15, -0.1) is 0 Å². The zero-order valence-corrected chi connectivity index (χ0v) is 21.6. The fourth-order valence-electron chi connectivity index (χ4n) is 4.63. The summed E-state index contributed by atoms with van der Waals surface area (Å²) in [5.74, 6) is 0.752. The molecule has 0 aliphatic carbocycles. The Morgan fingerprint density at radius 2 is 1.86 bits per heavy atom. The maximum absolute atomic E-state index is 13.6. The van der Waals surface area contributed by atoms with Gasteiger partial charge in [0.15, 0.2) is 0 Å². The van der Waals surface area contributed by atoms with Gasteiger partial charge in [-0.1, -0.05) is 36.8 Å². The summed E-state index contributed by atoms with van der Waals surface area (Å²) in [4.78, 5) is 12.7. The molecule has 9 nitrogen and oxygen atoms in total. The van der Waals surface area contributed by atoms with E-state index in [4.69, 9.17) is 9.47 Å². The molecule has 1 atom stereocenters. The predicted octanol–water partition coefficient (Wildman–Crippen LogP) is 3.90. The highest BCUT2D eigenvalue weighted by Crippen LogP contribution is 2.32. The van der Waals surface area contributed by atoms with Gasteiger partial charge < -0.3 is 14.8 Å². The molecule has 1 unspecified atom stereocenters. The van der Waals surface area contributed by atoms with Crippen LogP contribution in [-0.4, -0.2) is 61.7 Å². The first-order chi connectivity index (χ1) is 17.3. The number of aromatic amines is 1. The molecular formula is C26H32N4O5S. The lowest BCUT2D eigenvalue weighted by Gasteiger charge is -2.35. The number of carbonyl (C=O) groups is 1. The Balaban J connectivity index is 1.37. The van der Waals surface area contributed by atoms with E-state index in [1.165, 1.54) is 4.31 Å². The van der Waals surface area contributed by atoms with Crippen molar-refractivity contribution in [3.8, 4) is 17.0 Å². The molecular weight excluding hydrogens is 480 g/mol. The summed E-state index contributed by atoms with van der Waals surface area (Å²) in [6.45, 7) is 3.93. The van der Waals surface area contributed by atoms with Crippen LogP contribution in [0.2, 0.25) is 0 Å². The molecule has 1 fully saturated rings. The van der Waals surface area contributed by atoms with Crippen LogP contribution in [0.3, 0.4) is 0 Å². The lowest BCUT2D eigenvalue weighted by Crippen LogP contribution is -2.46. The molecule has 36 heavy (non-hydrogen) atoms. The summed E-state index contributed by atoms with van der Waals surface area (Å²) < 4.78 is 39.8. The highest BCUT2D eigenvalue weighted by Gasteiger charge is 2.35. The van der Waals surface area contributed by atoms with Crippen molar-refractivity contribution in [3.05, 3.63) is 59.7 Å². The van der Waals surface area contributed by atoms with Crippen LogP contribution in [0.15, 0.2) is 53.4 Å². The van der Waals surface area contributed by atoms with E-state index in [1.807, 2.05) is 30.3 Å². The quantitative estimate of drug-likeness (QED) is 0.450. The minimum Gasteiger partial charge on any atom is -0.497 e. The molecule has 0 saturated carbocycles. The van der Waals surface area contributed by atoms with Crippen LogP contribution in [0.4, 0.5) is 5.82 Å². The second-order valence-corrected chi connectivity index (χ2v) is 10.8. The maximum Gasteiger partial charge on any atom is 0.251 e. The minimum atomic E-state index is -3.74. The first-order valence-electron chi connectivity index (χ1n) is 11.9. The lowest BCUT2D eigenvalue weighted by atomic mass is 10.1. The third kappa shape index (κ3) is 5.77. The summed E-state index contributed by atoms with van der Waals surface area (Å²) in [7, 11) is -2.18. The molecule has 0 spiro atoms. The molecule has 3 aromatic rings. The van der Waals surface area contributed by atoms with Gasteiger partial charge in [-0.3, -0.25) is 9.89 Å². The molecule has 1 amide bonds. The number of aryl methyl sites for hydroxylation is 2. The number of amides is 1. The van der Waals surface area contributed by atoms with Gasteiger partial charge in [0.2, 0.25) is 10.0 Å². The van der Waals surface area contributed by atoms with Crippen LogP contribution >= 0.6 is 0 Å². The van der Waals surface area contributed by atoms with E-state index in [0.29, 0.717) is 40.6 Å². The van der Waals surface area contributed by atoms with Crippen LogP contribution in [0, 0.1) is 13.8 Å². The minimum absolute atomic E-state index is 0.138. The third-order valence-corrected chi connectivity index (χ3v) is 8.53. The Morgan fingerprint density at radius 1 is 1.14 bits per heavy atom. The largest absolute Gasteiger partial charge is 0.497 e. The van der Waals surface area contributed by atoms with Gasteiger partial charge in [-0.2, -0.15) is 9.40 Å². The fourth-order valence-corrected chi connectivity index (χ4v) is 6.72. The number of hydrogen-bond acceptors (Lipinski definition) is 6. The highest BCUT2D eigenvalue weighted by molar-refractivity contribution is 7.89. The zero-order valence-electron chi connectivity index (χ0n) is 20.8. The molecule has 0 radical (unpaired) electrons. The van der Waals surface area contributed by atoms with E-state index in [2.05, 4.69) is 15.5 Å². The Morgan fingerprint density at radius 3 is 2.56 bits per heavy atom. The van der Waals surface area contributed by atoms with Crippen molar-refractivity contribution in [2.75, 3.05) is 32.2 Å². The molecule has 10 heteroatoms. The second-order valence-electron chi connectivity index (χ2n) is 8.95. The molecule has 1 aliphatic rings. The smallest absolute Gasteiger partial charge is 0.251 e. The number of rotatable bonds is 9. The van der Waals surface area contributed by atoms with E-state index in [0.717, 1.165) is 24.1 Å². The van der Waals surface area contributed by atoms with Gasteiger partial charge in [-0.05, 0) is 49.9 Å². The number of hydrogen-bond donors (Lipinski definition) is 2. The monoisotopic (exact) mass is 512 g/mol. The van der Waals surface area contributed by atoms with Gasteiger partial charge >= 0.3 is 0 Å². The SMILES string of the molecule is COc1cc(C)c(S(=O)(=O)N2CCCCC2COCC(=O)Nc2cc(-c3ccccc3)n[nH]2)c(C)c1. The van der Waals surface area contributed by atoms with Crippen molar-refractivity contribution in [2.45, 2.75) is 44.0 Å². The van der Waals surface area contributed by atoms with E-state index >= 15 is 0 Å². The highest BCUT2D eigenvalue weighted by atomic mass is 32.2. The van der Waals surface area contributed by atoms with Crippen LogP contribution in [0.1, 0.15) is 30.4 Å². The molecule has 1 aliphatic heterocycles. The van der Waals surface area contributed by atoms with Gasteiger partial charge in [0, 0.05) is 24.2 Å². The molecule has 2 N–H and O–H groups in total. The molecule has 2 heterocycles. The number of ether oxygens (including phenoxy) is 2. The third-order valence-electron chi connectivity index (χ3n) is 6.27. The maximum atomic E-state index is 13.6. The average Bonchev–Trinajstić information content (AvgIpc) is 3.32. The standard InChI is InChI=1S/C26H32N4O5S/c1-18-13-22(34-3)14-19(2)26(18)36(32,33)30-12-8-7-11-21(30)16-35-17-25(31)27-24-15-23(28-29-24)20-9-5-4-6-10-20/h4-6,9-10,13-15,21H,7-8,11-12,16-17H2,1-3H3,(H2,27,28,29,31). The summed E-state index contributed by atoms with van der Waals surface area (Å²) >= 11 is 0. The van der Waals surface area contributed by atoms with Crippen molar-refractivity contribution in [1.29, 1.82) is 0 Å². The van der Waals surface area contributed by atoms with Crippen LogP contribution in [0.25, 0.3) is 11.3 Å². The number of nitrogens with zero attached hydrogens (tertiary/aromatic N) is 2. The molecule has 1 saturated heterocycles. The molecule has 4 rings (SSSR count). The number of benzene rings is 2. The molecule has 192 valence electrons. The number of sulfonamides is 1. The topological polar surface area (TPSA) is 114 Å². The van der Waals surface area contributed by atoms with Crippen molar-refractivity contribution >= 4 is 21.7 Å². The van der Waals surface area contributed by atoms with Gasteiger partial charge in [0.1, 0.15) is 18.2 Å². The Labute approximate surface area is 211 Å². The van der Waals surface area contributed by atoms with Crippen LogP contribution in [0.5, 0.6) is 5.75 Å². The Bertz CT molecular complexity index is 1280. The second kappa shape index (κ2) is 11.2. The average molecular weight is 513 g/mol. The van der Waals surface area contributed by atoms with E-state index in [9.17, 15) is 13.2 Å². The van der Waals surface area contributed by atoms with Gasteiger partial charge in [0.05, 0.1) is 24.3 Å². The summed E-state index contributed by atoms with van der Waals surface area (Å²) in [6, 6.07) is 14.5. The first-order valence-corrected chi connectivity index (χ1v) is 13.4. The Kier molecular flexibility index (Phi) is 8.07. The molecule has 0 bridgehead atoms. The van der Waals surface area contributed by atoms with Gasteiger partial charge in [0.25, 0.3) is 5.91 Å².